The number of carbonyl (C=O) groups is 2. The summed E-state index contributed by atoms with van der Waals surface area (Å²) in [5, 5.41) is 2.99. The lowest BCUT2D eigenvalue weighted by atomic mass is 10.1. The lowest BCUT2D eigenvalue weighted by Gasteiger charge is -2.16. The normalized spacial score (nSPS) is 10.3. The number of ether oxygens (including phenoxy) is 4. The zero-order valence-electron chi connectivity index (χ0n) is 18.5. The summed E-state index contributed by atoms with van der Waals surface area (Å²) >= 11 is 6.13. The first-order valence-corrected chi connectivity index (χ1v) is 10.5. The van der Waals surface area contributed by atoms with Gasteiger partial charge in [-0.15, -0.1) is 0 Å². The van der Waals surface area contributed by atoms with Gasteiger partial charge in [-0.05, 0) is 31.2 Å². The highest BCUT2D eigenvalue weighted by Crippen LogP contribution is 2.34. The number of hydrogen-bond donors (Lipinski definition) is 1. The third kappa shape index (κ3) is 6.17. The molecule has 0 bridgehead atoms. The van der Waals surface area contributed by atoms with Crippen molar-refractivity contribution in [2.24, 2.45) is 0 Å². The molecular weight excluding hydrogens is 446 g/mol. The summed E-state index contributed by atoms with van der Waals surface area (Å²) in [6, 6.07) is 17.1. The number of hydrogen-bond acceptors (Lipinski definition) is 6. The Morgan fingerprint density at radius 2 is 1.55 bits per heavy atom. The Balaban J connectivity index is 1.75. The molecular formula is C25H24ClNO6. The minimum atomic E-state index is -0.655. The molecule has 0 aliphatic heterocycles. The van der Waals surface area contributed by atoms with Gasteiger partial charge in [0.25, 0.3) is 5.91 Å². The SMILES string of the molecule is COc1cc(NC(=O)c2ccccc2Cl)c(C(=O)OCCOc2ccc(C)cc2)cc1OC. The van der Waals surface area contributed by atoms with E-state index in [1.807, 2.05) is 31.2 Å². The topological polar surface area (TPSA) is 83.1 Å². The van der Waals surface area contributed by atoms with E-state index in [0.717, 1.165) is 5.56 Å². The molecule has 0 heterocycles. The Labute approximate surface area is 197 Å². The van der Waals surface area contributed by atoms with Crippen molar-refractivity contribution in [3.05, 3.63) is 82.4 Å². The van der Waals surface area contributed by atoms with E-state index in [2.05, 4.69) is 5.32 Å². The van der Waals surface area contributed by atoms with Crippen molar-refractivity contribution in [1.29, 1.82) is 0 Å². The van der Waals surface area contributed by atoms with Gasteiger partial charge in [-0.1, -0.05) is 41.4 Å². The molecule has 0 spiro atoms. The summed E-state index contributed by atoms with van der Waals surface area (Å²) < 4.78 is 21.5. The number of amides is 1. The van der Waals surface area contributed by atoms with Gasteiger partial charge >= 0.3 is 5.97 Å². The molecule has 3 aromatic rings. The van der Waals surface area contributed by atoms with Crippen LogP contribution in [0.5, 0.6) is 17.2 Å². The second-order valence-corrected chi connectivity index (χ2v) is 7.39. The summed E-state index contributed by atoms with van der Waals surface area (Å²) in [5.41, 5.74) is 1.68. The Hall–Kier alpha value is -3.71. The highest BCUT2D eigenvalue weighted by molar-refractivity contribution is 6.34. The number of nitrogens with one attached hydrogen (secondary N) is 1. The molecule has 33 heavy (non-hydrogen) atoms. The number of methoxy groups -OCH3 is 2. The van der Waals surface area contributed by atoms with E-state index in [9.17, 15) is 9.59 Å². The molecule has 172 valence electrons. The number of rotatable bonds is 9. The Morgan fingerprint density at radius 3 is 2.21 bits per heavy atom. The standard InChI is InChI=1S/C25H24ClNO6/c1-16-8-10-17(11-9-16)32-12-13-33-25(29)19-14-22(30-2)23(31-3)15-21(19)27-24(28)18-6-4-5-7-20(18)26/h4-11,14-15H,12-13H2,1-3H3,(H,27,28). The first-order valence-electron chi connectivity index (χ1n) is 10.1. The van der Waals surface area contributed by atoms with Crippen LogP contribution in [-0.4, -0.2) is 39.3 Å². The quantitative estimate of drug-likeness (QED) is 0.344. The van der Waals surface area contributed by atoms with Gasteiger partial charge in [0, 0.05) is 12.1 Å². The summed E-state index contributed by atoms with van der Waals surface area (Å²) in [5.74, 6) is 0.195. The fraction of sp³-hybridized carbons (Fsp3) is 0.200. The zero-order chi connectivity index (χ0) is 23.8. The molecule has 0 unspecified atom stereocenters. The van der Waals surface area contributed by atoms with Crippen LogP contribution in [0.4, 0.5) is 5.69 Å². The predicted octanol–water partition coefficient (Wildman–Crippen LogP) is 5.15. The minimum Gasteiger partial charge on any atom is -0.493 e. The largest absolute Gasteiger partial charge is 0.493 e. The van der Waals surface area contributed by atoms with Crippen LogP contribution >= 0.6 is 11.6 Å². The van der Waals surface area contributed by atoms with Crippen molar-refractivity contribution in [2.75, 3.05) is 32.8 Å². The molecule has 7 nitrogen and oxygen atoms in total. The van der Waals surface area contributed by atoms with Crippen LogP contribution in [-0.2, 0) is 4.74 Å². The summed E-state index contributed by atoms with van der Waals surface area (Å²) in [6.45, 7) is 2.17. The molecule has 8 heteroatoms. The molecule has 3 rings (SSSR count). The van der Waals surface area contributed by atoms with E-state index in [0.29, 0.717) is 17.2 Å². The van der Waals surface area contributed by atoms with E-state index in [4.69, 9.17) is 30.5 Å². The number of esters is 1. The van der Waals surface area contributed by atoms with Crippen LogP contribution in [0.3, 0.4) is 0 Å². The van der Waals surface area contributed by atoms with Gasteiger partial charge in [-0.25, -0.2) is 4.79 Å². The molecule has 1 amide bonds. The fourth-order valence-corrected chi connectivity index (χ4v) is 3.21. The molecule has 0 fully saturated rings. The zero-order valence-corrected chi connectivity index (χ0v) is 19.3. The van der Waals surface area contributed by atoms with Crippen molar-refractivity contribution in [3.63, 3.8) is 0 Å². The van der Waals surface area contributed by atoms with Crippen molar-refractivity contribution >= 4 is 29.2 Å². The maximum Gasteiger partial charge on any atom is 0.340 e. The summed E-state index contributed by atoms with van der Waals surface area (Å²) in [4.78, 5) is 25.6. The molecule has 1 N–H and O–H groups in total. The van der Waals surface area contributed by atoms with Crippen LogP contribution in [0, 0.1) is 6.92 Å². The van der Waals surface area contributed by atoms with E-state index in [-0.39, 0.29) is 35.1 Å². The van der Waals surface area contributed by atoms with E-state index in [1.54, 1.807) is 24.3 Å². The molecule has 0 radical (unpaired) electrons. The van der Waals surface area contributed by atoms with Gasteiger partial charge in [0.2, 0.25) is 0 Å². The number of carbonyl (C=O) groups excluding carboxylic acids is 2. The molecule has 0 saturated heterocycles. The monoisotopic (exact) mass is 469 g/mol. The van der Waals surface area contributed by atoms with Gasteiger partial charge in [-0.2, -0.15) is 0 Å². The molecule has 0 atom stereocenters. The molecule has 0 saturated carbocycles. The number of halogens is 1. The van der Waals surface area contributed by atoms with Gasteiger partial charge < -0.3 is 24.3 Å². The van der Waals surface area contributed by atoms with Crippen LogP contribution in [0.1, 0.15) is 26.3 Å². The van der Waals surface area contributed by atoms with Crippen molar-refractivity contribution in [2.45, 2.75) is 6.92 Å². The predicted molar refractivity (Wildman–Crippen MR) is 126 cm³/mol. The first-order chi connectivity index (χ1) is 15.9. The highest BCUT2D eigenvalue weighted by atomic mass is 35.5. The maximum atomic E-state index is 12.8. The minimum absolute atomic E-state index is 0.0129. The number of aryl methyl sites for hydroxylation is 1. The van der Waals surface area contributed by atoms with Crippen molar-refractivity contribution < 1.29 is 28.5 Å². The second kappa shape index (κ2) is 11.2. The van der Waals surface area contributed by atoms with Crippen LogP contribution in [0.15, 0.2) is 60.7 Å². The summed E-state index contributed by atoms with van der Waals surface area (Å²) in [6.07, 6.45) is 0. The third-order valence-electron chi connectivity index (χ3n) is 4.72. The Morgan fingerprint density at radius 1 is 0.879 bits per heavy atom. The van der Waals surface area contributed by atoms with Crippen LogP contribution in [0.2, 0.25) is 5.02 Å². The maximum absolute atomic E-state index is 12.8. The second-order valence-electron chi connectivity index (χ2n) is 6.98. The Bertz CT molecular complexity index is 1130. The molecule has 0 aromatic heterocycles. The van der Waals surface area contributed by atoms with Crippen molar-refractivity contribution in [1.82, 2.24) is 0 Å². The van der Waals surface area contributed by atoms with E-state index in [1.165, 1.54) is 26.4 Å². The molecule has 3 aromatic carbocycles. The Kier molecular flexibility index (Phi) is 8.16. The lowest BCUT2D eigenvalue weighted by molar-refractivity contribution is 0.0451. The van der Waals surface area contributed by atoms with E-state index >= 15 is 0 Å². The molecule has 0 aliphatic carbocycles. The smallest absolute Gasteiger partial charge is 0.340 e. The fourth-order valence-electron chi connectivity index (χ4n) is 2.99. The molecule has 0 aliphatic rings. The first kappa shape index (κ1) is 23.9. The van der Waals surface area contributed by atoms with Gasteiger partial charge in [0.05, 0.1) is 36.1 Å². The van der Waals surface area contributed by atoms with Gasteiger partial charge in [0.1, 0.15) is 19.0 Å². The number of benzene rings is 3. The number of anilines is 1. The van der Waals surface area contributed by atoms with Crippen molar-refractivity contribution in [3.8, 4) is 17.2 Å². The highest BCUT2D eigenvalue weighted by Gasteiger charge is 2.21. The third-order valence-corrected chi connectivity index (χ3v) is 5.05. The van der Waals surface area contributed by atoms with Crippen LogP contribution in [0.25, 0.3) is 0 Å². The lowest BCUT2D eigenvalue weighted by Crippen LogP contribution is -2.18. The van der Waals surface area contributed by atoms with Gasteiger partial charge in [0.15, 0.2) is 11.5 Å². The summed E-state index contributed by atoms with van der Waals surface area (Å²) in [7, 11) is 2.91. The average Bonchev–Trinajstić information content (AvgIpc) is 2.82. The van der Waals surface area contributed by atoms with Gasteiger partial charge in [-0.3, -0.25) is 4.79 Å². The van der Waals surface area contributed by atoms with E-state index < -0.39 is 11.9 Å². The van der Waals surface area contributed by atoms with Crippen LogP contribution < -0.4 is 19.5 Å². The average molecular weight is 470 g/mol.